The molecule has 1 amide bonds. The van der Waals surface area contributed by atoms with Gasteiger partial charge in [0.2, 0.25) is 5.91 Å². The Hall–Kier alpha value is -2.16. The van der Waals surface area contributed by atoms with Crippen molar-refractivity contribution in [2.45, 2.75) is 12.8 Å². The summed E-state index contributed by atoms with van der Waals surface area (Å²) in [5, 5.41) is 9.23. The molecule has 0 fully saturated rings. The van der Waals surface area contributed by atoms with E-state index in [0.29, 0.717) is 19.0 Å². The van der Waals surface area contributed by atoms with Crippen LogP contribution in [0.5, 0.6) is 0 Å². The summed E-state index contributed by atoms with van der Waals surface area (Å²) in [6.07, 6.45) is 1.15. The minimum Gasteiger partial charge on any atom is -0.356 e. The van der Waals surface area contributed by atoms with Crippen LogP contribution < -0.4 is 16.0 Å². The Balaban J connectivity index is 0.00000364. The van der Waals surface area contributed by atoms with Gasteiger partial charge in [-0.05, 0) is 29.7 Å². The topological polar surface area (TPSA) is 65.5 Å². The minimum absolute atomic E-state index is 0. The van der Waals surface area contributed by atoms with E-state index in [9.17, 15) is 9.18 Å². The number of hydrogen-bond donors (Lipinski definition) is 3. The van der Waals surface area contributed by atoms with Gasteiger partial charge < -0.3 is 16.0 Å². The van der Waals surface area contributed by atoms with Crippen LogP contribution in [0.25, 0.3) is 0 Å². The Morgan fingerprint density at radius 3 is 2.19 bits per heavy atom. The molecule has 0 aromatic heterocycles. The molecule has 0 aliphatic carbocycles. The average molecular weight is 484 g/mol. The smallest absolute Gasteiger partial charge is 0.224 e. The summed E-state index contributed by atoms with van der Waals surface area (Å²) in [5.74, 6) is 0.309. The quantitative estimate of drug-likeness (QED) is 0.234. The second-order valence-electron chi connectivity index (χ2n) is 5.81. The van der Waals surface area contributed by atoms with E-state index >= 15 is 0 Å². The molecule has 3 N–H and O–H groups in total. The number of aliphatic imine (C=N–C) groups is 1. The number of nitrogens with zero attached hydrogens (tertiary/aromatic N) is 1. The van der Waals surface area contributed by atoms with Gasteiger partial charge in [-0.1, -0.05) is 42.5 Å². The van der Waals surface area contributed by atoms with Crippen molar-refractivity contribution < 1.29 is 9.18 Å². The van der Waals surface area contributed by atoms with Gasteiger partial charge in [0.05, 0.1) is 6.42 Å². The maximum Gasteiger partial charge on any atom is 0.224 e. The number of nitrogens with one attached hydrogen (secondary N) is 3. The van der Waals surface area contributed by atoms with Gasteiger partial charge >= 0.3 is 0 Å². The van der Waals surface area contributed by atoms with E-state index in [1.54, 1.807) is 19.2 Å². The molecular weight excluding hydrogens is 458 g/mol. The lowest BCUT2D eigenvalue weighted by molar-refractivity contribution is -0.120. The second kappa shape index (κ2) is 13.1. The normalized spacial score (nSPS) is 10.7. The van der Waals surface area contributed by atoms with Crippen LogP contribution in [0, 0.1) is 5.82 Å². The van der Waals surface area contributed by atoms with Crippen molar-refractivity contribution in [2.75, 3.05) is 26.7 Å². The molecule has 0 bridgehead atoms. The molecule has 0 saturated heterocycles. The Bertz CT molecular complexity index is 708. The number of carbonyl (C=O) groups excluding carboxylic acids is 1. The summed E-state index contributed by atoms with van der Waals surface area (Å²) in [4.78, 5) is 16.0. The third-order valence-electron chi connectivity index (χ3n) is 3.79. The molecule has 0 aliphatic rings. The molecule has 0 atom stereocenters. The summed E-state index contributed by atoms with van der Waals surface area (Å²) in [7, 11) is 1.71. The van der Waals surface area contributed by atoms with Gasteiger partial charge in [0.15, 0.2) is 5.96 Å². The first kappa shape index (κ1) is 22.9. The van der Waals surface area contributed by atoms with E-state index < -0.39 is 0 Å². The summed E-state index contributed by atoms with van der Waals surface area (Å²) in [5.41, 5.74) is 2.05. The minimum atomic E-state index is -0.301. The van der Waals surface area contributed by atoms with Crippen molar-refractivity contribution in [1.29, 1.82) is 0 Å². The molecule has 0 unspecified atom stereocenters. The van der Waals surface area contributed by atoms with Crippen LogP contribution in [0.4, 0.5) is 4.39 Å². The van der Waals surface area contributed by atoms with E-state index in [1.165, 1.54) is 17.7 Å². The number of rotatable bonds is 8. The van der Waals surface area contributed by atoms with Crippen LogP contribution >= 0.6 is 24.0 Å². The highest BCUT2D eigenvalue weighted by molar-refractivity contribution is 14.0. The van der Waals surface area contributed by atoms with Crippen molar-refractivity contribution >= 4 is 35.8 Å². The number of benzene rings is 2. The lowest BCUT2D eigenvalue weighted by atomic mass is 10.1. The van der Waals surface area contributed by atoms with Crippen molar-refractivity contribution in [3.8, 4) is 0 Å². The van der Waals surface area contributed by atoms with E-state index in [0.717, 1.165) is 18.5 Å². The average Bonchev–Trinajstić information content (AvgIpc) is 2.66. The first-order valence-corrected chi connectivity index (χ1v) is 8.67. The van der Waals surface area contributed by atoms with Gasteiger partial charge in [-0.25, -0.2) is 4.39 Å². The highest BCUT2D eigenvalue weighted by atomic mass is 127. The molecule has 27 heavy (non-hydrogen) atoms. The number of guanidine groups is 1. The standard InChI is InChI=1S/C20H25FN4O.HI/c1-22-20(24-12-11-16-5-3-2-4-6-16)25-14-13-23-19(26)15-17-7-9-18(21)10-8-17;/h2-10H,11-15H2,1H3,(H,23,26)(H2,22,24,25);1H. The second-order valence-corrected chi connectivity index (χ2v) is 5.81. The zero-order valence-electron chi connectivity index (χ0n) is 15.4. The van der Waals surface area contributed by atoms with Crippen LogP contribution in [0.2, 0.25) is 0 Å². The SMILES string of the molecule is CN=C(NCCNC(=O)Cc1ccc(F)cc1)NCCc1ccccc1.I. The molecule has 2 rings (SSSR count). The van der Waals surface area contributed by atoms with Gasteiger partial charge in [-0.15, -0.1) is 24.0 Å². The lowest BCUT2D eigenvalue weighted by Crippen LogP contribution is -2.42. The third-order valence-corrected chi connectivity index (χ3v) is 3.79. The predicted molar refractivity (Wildman–Crippen MR) is 118 cm³/mol. The molecule has 0 heterocycles. The zero-order chi connectivity index (χ0) is 18.6. The van der Waals surface area contributed by atoms with Gasteiger partial charge in [-0.2, -0.15) is 0 Å². The molecular formula is C20H26FIN4O. The number of halogens is 2. The highest BCUT2D eigenvalue weighted by Crippen LogP contribution is 2.03. The fourth-order valence-electron chi connectivity index (χ4n) is 2.42. The van der Waals surface area contributed by atoms with Gasteiger partial charge in [-0.3, -0.25) is 9.79 Å². The van der Waals surface area contributed by atoms with Crippen molar-refractivity contribution in [2.24, 2.45) is 4.99 Å². The molecule has 0 radical (unpaired) electrons. The van der Waals surface area contributed by atoms with Crippen LogP contribution in [0.15, 0.2) is 59.6 Å². The molecule has 0 spiro atoms. The third kappa shape index (κ3) is 9.37. The van der Waals surface area contributed by atoms with Crippen LogP contribution in [-0.4, -0.2) is 38.5 Å². The first-order valence-electron chi connectivity index (χ1n) is 8.67. The van der Waals surface area contributed by atoms with E-state index in [-0.39, 0.29) is 42.1 Å². The van der Waals surface area contributed by atoms with Gasteiger partial charge in [0, 0.05) is 26.7 Å². The maximum atomic E-state index is 12.8. The Morgan fingerprint density at radius 1 is 0.889 bits per heavy atom. The molecule has 0 saturated carbocycles. The summed E-state index contributed by atoms with van der Waals surface area (Å²) >= 11 is 0. The Kier molecular flexibility index (Phi) is 11.1. The maximum absolute atomic E-state index is 12.8. The molecule has 7 heteroatoms. The monoisotopic (exact) mass is 484 g/mol. The molecule has 146 valence electrons. The molecule has 0 aliphatic heterocycles. The predicted octanol–water partition coefficient (Wildman–Crippen LogP) is 2.51. The van der Waals surface area contributed by atoms with E-state index in [1.807, 2.05) is 18.2 Å². The summed E-state index contributed by atoms with van der Waals surface area (Å²) in [6.45, 7) is 1.83. The van der Waals surface area contributed by atoms with Gasteiger partial charge in [0.25, 0.3) is 0 Å². The van der Waals surface area contributed by atoms with Crippen molar-refractivity contribution in [3.63, 3.8) is 0 Å². The summed E-state index contributed by atoms with van der Waals surface area (Å²) < 4.78 is 12.8. The lowest BCUT2D eigenvalue weighted by Gasteiger charge is -2.12. The fourth-order valence-corrected chi connectivity index (χ4v) is 2.42. The first-order chi connectivity index (χ1) is 12.7. The Morgan fingerprint density at radius 2 is 1.52 bits per heavy atom. The number of carbonyl (C=O) groups is 1. The van der Waals surface area contributed by atoms with Crippen LogP contribution in [-0.2, 0) is 17.6 Å². The largest absolute Gasteiger partial charge is 0.356 e. The molecule has 2 aromatic carbocycles. The molecule has 5 nitrogen and oxygen atoms in total. The van der Waals surface area contributed by atoms with Crippen LogP contribution in [0.3, 0.4) is 0 Å². The number of amides is 1. The van der Waals surface area contributed by atoms with E-state index in [4.69, 9.17) is 0 Å². The van der Waals surface area contributed by atoms with Crippen molar-refractivity contribution in [3.05, 3.63) is 71.5 Å². The Labute approximate surface area is 176 Å². The highest BCUT2D eigenvalue weighted by Gasteiger charge is 2.03. The summed E-state index contributed by atoms with van der Waals surface area (Å²) in [6, 6.07) is 16.2. The van der Waals surface area contributed by atoms with E-state index in [2.05, 4.69) is 33.1 Å². The van der Waals surface area contributed by atoms with Crippen LogP contribution in [0.1, 0.15) is 11.1 Å². The zero-order valence-corrected chi connectivity index (χ0v) is 17.7. The fraction of sp³-hybridized carbons (Fsp3) is 0.300. The van der Waals surface area contributed by atoms with Crippen molar-refractivity contribution in [1.82, 2.24) is 16.0 Å². The molecule has 2 aromatic rings. The number of hydrogen-bond acceptors (Lipinski definition) is 2. The van der Waals surface area contributed by atoms with Gasteiger partial charge in [0.1, 0.15) is 5.82 Å².